The maximum absolute atomic E-state index is 13.3. The second-order valence-corrected chi connectivity index (χ2v) is 5.04. The van der Waals surface area contributed by atoms with E-state index in [9.17, 15) is 4.39 Å². The normalized spacial score (nSPS) is 12.7. The Labute approximate surface area is 122 Å². The lowest BCUT2D eigenvalue weighted by molar-refractivity contribution is 0.525. The summed E-state index contributed by atoms with van der Waals surface area (Å²) in [4.78, 5) is 0. The Morgan fingerprint density at radius 1 is 1.50 bits per heavy atom. The second kappa shape index (κ2) is 6.35. The molecule has 1 heterocycles. The number of benzene rings is 1. The average Bonchev–Trinajstić information content (AvgIpc) is 2.71. The summed E-state index contributed by atoms with van der Waals surface area (Å²) in [7, 11) is 1.85. The Hall–Kier alpha value is -1.43. The summed E-state index contributed by atoms with van der Waals surface area (Å²) in [5, 5.41) is 5.03. The van der Waals surface area contributed by atoms with Crippen LogP contribution in [0.5, 0.6) is 0 Å². The lowest BCUT2D eigenvalue weighted by Crippen LogP contribution is -2.30. The molecule has 2 aromatic rings. The van der Waals surface area contributed by atoms with Gasteiger partial charge in [0.05, 0.1) is 22.5 Å². The van der Waals surface area contributed by atoms with Crippen molar-refractivity contribution >= 4 is 11.6 Å². The minimum absolute atomic E-state index is 0.219. The number of hydrogen-bond acceptors (Lipinski definition) is 3. The van der Waals surface area contributed by atoms with Gasteiger partial charge >= 0.3 is 0 Å². The van der Waals surface area contributed by atoms with Crippen molar-refractivity contribution in [2.75, 3.05) is 0 Å². The zero-order valence-corrected chi connectivity index (χ0v) is 12.3. The molecule has 1 atom stereocenters. The van der Waals surface area contributed by atoms with E-state index in [1.165, 1.54) is 12.1 Å². The van der Waals surface area contributed by atoms with Crippen LogP contribution >= 0.6 is 11.6 Å². The molecule has 4 nitrogen and oxygen atoms in total. The molecule has 2 rings (SSSR count). The summed E-state index contributed by atoms with van der Waals surface area (Å²) >= 11 is 6.32. The van der Waals surface area contributed by atoms with Gasteiger partial charge in [-0.3, -0.25) is 16.0 Å². The van der Waals surface area contributed by atoms with Crippen molar-refractivity contribution < 1.29 is 4.39 Å². The zero-order chi connectivity index (χ0) is 14.7. The molecule has 0 radical (unpaired) electrons. The first-order valence-electron chi connectivity index (χ1n) is 6.48. The first-order valence-corrected chi connectivity index (χ1v) is 6.86. The van der Waals surface area contributed by atoms with Crippen LogP contribution in [0.4, 0.5) is 4.39 Å². The van der Waals surface area contributed by atoms with Crippen molar-refractivity contribution in [3.05, 3.63) is 52.1 Å². The van der Waals surface area contributed by atoms with Crippen LogP contribution in [0, 0.1) is 5.82 Å². The molecule has 0 saturated carbocycles. The van der Waals surface area contributed by atoms with Crippen LogP contribution in [0.3, 0.4) is 0 Å². The van der Waals surface area contributed by atoms with E-state index in [2.05, 4.69) is 10.5 Å². The van der Waals surface area contributed by atoms with Gasteiger partial charge in [-0.05, 0) is 24.1 Å². The van der Waals surface area contributed by atoms with Gasteiger partial charge in [-0.25, -0.2) is 4.39 Å². The van der Waals surface area contributed by atoms with E-state index in [4.69, 9.17) is 17.4 Å². The van der Waals surface area contributed by atoms with Crippen molar-refractivity contribution in [2.45, 2.75) is 25.8 Å². The van der Waals surface area contributed by atoms with E-state index in [0.29, 0.717) is 11.4 Å². The highest BCUT2D eigenvalue weighted by atomic mass is 35.5. The van der Waals surface area contributed by atoms with Gasteiger partial charge in [-0.1, -0.05) is 30.7 Å². The molecule has 0 saturated heterocycles. The second-order valence-electron chi connectivity index (χ2n) is 4.66. The van der Waals surface area contributed by atoms with Crippen molar-refractivity contribution in [3.8, 4) is 0 Å². The van der Waals surface area contributed by atoms with Crippen LogP contribution in [-0.4, -0.2) is 9.78 Å². The number of nitrogens with zero attached hydrogens (tertiary/aromatic N) is 2. The van der Waals surface area contributed by atoms with Crippen LogP contribution in [0.15, 0.2) is 24.3 Å². The predicted octanol–water partition coefficient (Wildman–Crippen LogP) is 2.52. The smallest absolute Gasteiger partial charge is 0.123 e. The molecule has 0 aliphatic rings. The van der Waals surface area contributed by atoms with Crippen molar-refractivity contribution in [2.24, 2.45) is 12.9 Å². The Balaban J connectivity index is 2.29. The third-order valence-electron chi connectivity index (χ3n) is 3.35. The highest BCUT2D eigenvalue weighted by Gasteiger charge is 2.18. The summed E-state index contributed by atoms with van der Waals surface area (Å²) in [6.07, 6.45) is 1.32. The Morgan fingerprint density at radius 3 is 2.80 bits per heavy atom. The summed E-state index contributed by atoms with van der Waals surface area (Å²) in [5.41, 5.74) is 5.24. The summed E-state index contributed by atoms with van der Waals surface area (Å²) in [5.74, 6) is 5.31. The first-order chi connectivity index (χ1) is 9.56. The van der Waals surface area contributed by atoms with Gasteiger partial charge in [-0.15, -0.1) is 0 Å². The molecule has 1 unspecified atom stereocenters. The molecule has 0 aliphatic carbocycles. The maximum atomic E-state index is 13.3. The molecular formula is C14H18ClFN4. The molecule has 108 valence electrons. The Kier molecular flexibility index (Phi) is 4.75. The van der Waals surface area contributed by atoms with Gasteiger partial charge in [0.25, 0.3) is 0 Å². The molecule has 0 amide bonds. The molecule has 1 aromatic carbocycles. The molecule has 0 bridgehead atoms. The van der Waals surface area contributed by atoms with Gasteiger partial charge in [0.15, 0.2) is 0 Å². The molecule has 20 heavy (non-hydrogen) atoms. The van der Waals surface area contributed by atoms with Crippen molar-refractivity contribution in [1.29, 1.82) is 0 Å². The minimum Gasteiger partial charge on any atom is -0.271 e. The van der Waals surface area contributed by atoms with E-state index < -0.39 is 0 Å². The SMILES string of the molecule is CCc1nn(C)c(CC(NN)c2cccc(F)c2)c1Cl. The number of nitrogens with two attached hydrogens (primary N) is 1. The third kappa shape index (κ3) is 3.00. The van der Waals surface area contributed by atoms with Crippen LogP contribution in [0.25, 0.3) is 0 Å². The number of nitrogens with one attached hydrogen (secondary N) is 1. The monoisotopic (exact) mass is 296 g/mol. The molecule has 1 aromatic heterocycles. The van der Waals surface area contributed by atoms with Crippen LogP contribution in [-0.2, 0) is 19.9 Å². The number of aryl methyl sites for hydroxylation is 2. The molecule has 3 N–H and O–H groups in total. The Morgan fingerprint density at radius 2 is 2.25 bits per heavy atom. The minimum atomic E-state index is -0.284. The quantitative estimate of drug-likeness (QED) is 0.658. The Bertz CT molecular complexity index is 597. The fraction of sp³-hybridized carbons (Fsp3) is 0.357. The number of halogens is 2. The van der Waals surface area contributed by atoms with Gasteiger partial charge in [-0.2, -0.15) is 5.10 Å². The van der Waals surface area contributed by atoms with E-state index in [0.717, 1.165) is 23.4 Å². The summed E-state index contributed by atoms with van der Waals surface area (Å²) in [6.45, 7) is 2.00. The van der Waals surface area contributed by atoms with Crippen LogP contribution < -0.4 is 11.3 Å². The fourth-order valence-corrected chi connectivity index (χ4v) is 2.60. The number of hydrazine groups is 1. The zero-order valence-electron chi connectivity index (χ0n) is 11.5. The standard InChI is InChI=1S/C14H18ClFN4/c1-3-11-14(15)13(20(2)19-11)8-12(18-17)9-5-4-6-10(16)7-9/h4-7,12,18H,3,8,17H2,1-2H3. The fourth-order valence-electron chi connectivity index (χ4n) is 2.23. The number of rotatable bonds is 5. The molecular weight excluding hydrogens is 279 g/mol. The van der Waals surface area contributed by atoms with Crippen LogP contribution in [0.2, 0.25) is 5.02 Å². The van der Waals surface area contributed by atoms with Gasteiger partial charge in [0.2, 0.25) is 0 Å². The van der Waals surface area contributed by atoms with E-state index in [1.54, 1.807) is 10.7 Å². The molecule has 0 fully saturated rings. The highest BCUT2D eigenvalue weighted by Crippen LogP contribution is 2.26. The molecule has 0 spiro atoms. The van der Waals surface area contributed by atoms with E-state index >= 15 is 0 Å². The van der Waals surface area contributed by atoms with E-state index in [1.807, 2.05) is 20.0 Å². The lowest BCUT2D eigenvalue weighted by Gasteiger charge is -2.16. The molecule has 6 heteroatoms. The topological polar surface area (TPSA) is 55.9 Å². The van der Waals surface area contributed by atoms with Crippen LogP contribution in [0.1, 0.15) is 29.9 Å². The van der Waals surface area contributed by atoms with Gasteiger partial charge in [0, 0.05) is 13.5 Å². The first kappa shape index (κ1) is 15.0. The highest BCUT2D eigenvalue weighted by molar-refractivity contribution is 6.31. The largest absolute Gasteiger partial charge is 0.271 e. The van der Waals surface area contributed by atoms with E-state index in [-0.39, 0.29) is 11.9 Å². The summed E-state index contributed by atoms with van der Waals surface area (Å²) < 4.78 is 15.1. The average molecular weight is 297 g/mol. The number of aromatic nitrogens is 2. The maximum Gasteiger partial charge on any atom is 0.123 e. The van der Waals surface area contributed by atoms with Gasteiger partial charge in [0.1, 0.15) is 5.82 Å². The third-order valence-corrected chi connectivity index (χ3v) is 3.79. The van der Waals surface area contributed by atoms with Crippen molar-refractivity contribution in [3.63, 3.8) is 0 Å². The molecule has 0 aliphatic heterocycles. The summed E-state index contributed by atoms with van der Waals surface area (Å²) in [6, 6.07) is 6.15. The number of hydrogen-bond donors (Lipinski definition) is 2. The van der Waals surface area contributed by atoms with Gasteiger partial charge < -0.3 is 0 Å². The van der Waals surface area contributed by atoms with Crippen molar-refractivity contribution in [1.82, 2.24) is 15.2 Å². The lowest BCUT2D eigenvalue weighted by atomic mass is 10.0. The predicted molar refractivity (Wildman–Crippen MR) is 77.8 cm³/mol.